The van der Waals surface area contributed by atoms with E-state index in [-0.39, 0.29) is 16.6 Å². The first-order chi connectivity index (χ1) is 12.1. The molecule has 2 aromatic rings. The second-order valence-corrected chi connectivity index (χ2v) is 10.5. The third kappa shape index (κ3) is 3.99. The van der Waals surface area contributed by atoms with Crippen LogP contribution in [0.5, 0.6) is 0 Å². The molecule has 0 atom stereocenters. The minimum atomic E-state index is -0.219. The van der Waals surface area contributed by atoms with Gasteiger partial charge in [-0.05, 0) is 34.6 Å². The van der Waals surface area contributed by atoms with Crippen molar-refractivity contribution >= 4 is 45.0 Å². The minimum Gasteiger partial charge on any atom is -0.287 e. The quantitative estimate of drug-likeness (QED) is 0.452. The van der Waals surface area contributed by atoms with Gasteiger partial charge in [-0.25, -0.2) is 9.38 Å². The Bertz CT molecular complexity index is 917. The fourth-order valence-corrected chi connectivity index (χ4v) is 4.33. The SMILES string of the molecule is CC(C)(C)C1=C/C(=N\Sc2nc3ccccc3s2)C(=O)C(C(C)(C)C)=C1. The van der Waals surface area contributed by atoms with Crippen molar-refractivity contribution < 1.29 is 4.79 Å². The van der Waals surface area contributed by atoms with Gasteiger partial charge in [0, 0.05) is 17.5 Å². The van der Waals surface area contributed by atoms with Crippen molar-refractivity contribution in [1.29, 1.82) is 0 Å². The summed E-state index contributed by atoms with van der Waals surface area (Å²) < 4.78 is 6.55. The Balaban J connectivity index is 1.96. The molecular weight excluding hydrogens is 360 g/mol. The Labute approximate surface area is 163 Å². The summed E-state index contributed by atoms with van der Waals surface area (Å²) >= 11 is 2.88. The van der Waals surface area contributed by atoms with Crippen molar-refractivity contribution in [2.75, 3.05) is 0 Å². The van der Waals surface area contributed by atoms with Gasteiger partial charge in [-0.15, -0.1) is 11.3 Å². The second kappa shape index (κ2) is 6.78. The number of hydrogen-bond acceptors (Lipinski definition) is 5. The molecule has 1 aromatic heterocycles. The van der Waals surface area contributed by atoms with Gasteiger partial charge in [0.15, 0.2) is 4.34 Å². The molecule has 0 amide bonds. The lowest BCUT2D eigenvalue weighted by Gasteiger charge is -2.29. The van der Waals surface area contributed by atoms with Crippen LogP contribution in [0.25, 0.3) is 10.2 Å². The Morgan fingerprint density at radius 1 is 1.00 bits per heavy atom. The molecule has 1 heterocycles. The molecule has 26 heavy (non-hydrogen) atoms. The molecule has 0 bridgehead atoms. The third-order valence-electron chi connectivity index (χ3n) is 4.24. The second-order valence-electron chi connectivity index (χ2n) is 8.50. The monoisotopic (exact) mass is 384 g/mol. The molecule has 3 rings (SSSR count). The molecule has 0 saturated carbocycles. The number of para-hydroxylation sites is 1. The van der Waals surface area contributed by atoms with Crippen LogP contribution < -0.4 is 0 Å². The maximum absolute atomic E-state index is 13.0. The van der Waals surface area contributed by atoms with Gasteiger partial charge in [0.05, 0.1) is 10.2 Å². The van der Waals surface area contributed by atoms with Crippen molar-refractivity contribution in [3.63, 3.8) is 0 Å². The number of allylic oxidation sites excluding steroid dienone is 4. The molecule has 5 heteroatoms. The smallest absolute Gasteiger partial charge is 0.208 e. The van der Waals surface area contributed by atoms with Gasteiger partial charge >= 0.3 is 0 Å². The number of benzene rings is 1. The predicted molar refractivity (Wildman–Crippen MR) is 113 cm³/mol. The van der Waals surface area contributed by atoms with Crippen LogP contribution in [0.1, 0.15) is 41.5 Å². The summed E-state index contributed by atoms with van der Waals surface area (Å²) in [5, 5.41) is 0. The highest BCUT2D eigenvalue weighted by molar-refractivity contribution is 8.00. The molecule has 3 nitrogen and oxygen atoms in total. The van der Waals surface area contributed by atoms with Crippen molar-refractivity contribution in [3.8, 4) is 0 Å². The van der Waals surface area contributed by atoms with Crippen LogP contribution in [0, 0.1) is 10.8 Å². The Kier molecular flexibility index (Phi) is 4.97. The first kappa shape index (κ1) is 19.1. The molecule has 0 N–H and O–H groups in total. The Morgan fingerprint density at radius 3 is 2.31 bits per heavy atom. The van der Waals surface area contributed by atoms with E-state index in [0.717, 1.165) is 25.7 Å². The van der Waals surface area contributed by atoms with Crippen molar-refractivity contribution in [1.82, 2.24) is 4.98 Å². The van der Waals surface area contributed by atoms with Crippen LogP contribution in [0.4, 0.5) is 0 Å². The van der Waals surface area contributed by atoms with Gasteiger partial charge < -0.3 is 0 Å². The van der Waals surface area contributed by atoms with Gasteiger partial charge in [0.2, 0.25) is 5.78 Å². The number of rotatable bonds is 2. The Hall–Kier alpha value is -1.72. The van der Waals surface area contributed by atoms with E-state index in [1.54, 1.807) is 11.3 Å². The summed E-state index contributed by atoms with van der Waals surface area (Å²) in [5.41, 5.74) is 3.16. The van der Waals surface area contributed by atoms with Gasteiger partial charge in [-0.2, -0.15) is 0 Å². The minimum absolute atomic E-state index is 0.0131. The number of aromatic nitrogens is 1. The van der Waals surface area contributed by atoms with Crippen LogP contribution >= 0.6 is 23.3 Å². The standard InChI is InChI=1S/C21H24N2OS2/c1-20(2,3)13-11-14(21(4,5)6)18(24)16(12-13)23-26-19-22-15-9-7-8-10-17(15)25-19/h7-12H,1-6H3/b23-16+. The van der Waals surface area contributed by atoms with E-state index in [1.807, 2.05) is 36.4 Å². The molecule has 136 valence electrons. The lowest BCUT2D eigenvalue weighted by atomic mass is 9.74. The highest BCUT2D eigenvalue weighted by atomic mass is 32.2. The lowest BCUT2D eigenvalue weighted by Crippen LogP contribution is -2.28. The average Bonchev–Trinajstić information content (AvgIpc) is 2.94. The number of hydrogen-bond donors (Lipinski definition) is 0. The van der Waals surface area contributed by atoms with Crippen molar-refractivity contribution in [2.45, 2.75) is 45.9 Å². The highest BCUT2D eigenvalue weighted by Crippen LogP contribution is 2.37. The fourth-order valence-electron chi connectivity index (χ4n) is 2.65. The fraction of sp³-hybridized carbons (Fsp3) is 0.381. The van der Waals surface area contributed by atoms with Gasteiger partial charge in [0.1, 0.15) is 5.71 Å². The van der Waals surface area contributed by atoms with E-state index >= 15 is 0 Å². The molecule has 0 unspecified atom stereocenters. The van der Waals surface area contributed by atoms with Crippen LogP contribution in [-0.4, -0.2) is 16.5 Å². The maximum Gasteiger partial charge on any atom is 0.208 e. The molecule has 0 fully saturated rings. The number of ketones is 1. The number of carbonyl (C=O) groups is 1. The van der Waals surface area contributed by atoms with Crippen molar-refractivity contribution in [2.24, 2.45) is 15.2 Å². The average molecular weight is 385 g/mol. The van der Waals surface area contributed by atoms with E-state index in [9.17, 15) is 4.79 Å². The van der Waals surface area contributed by atoms with Crippen LogP contribution in [-0.2, 0) is 4.79 Å². The normalized spacial score (nSPS) is 17.6. The van der Waals surface area contributed by atoms with Gasteiger partial charge in [0.25, 0.3) is 0 Å². The first-order valence-corrected chi connectivity index (χ1v) is 10.2. The number of thiazole rings is 1. The topological polar surface area (TPSA) is 42.3 Å². The number of Topliss-reactive ketones (excluding diaryl/α,β-unsaturated/α-hetero) is 1. The van der Waals surface area contributed by atoms with Crippen LogP contribution in [0.2, 0.25) is 0 Å². The number of carbonyl (C=O) groups excluding carboxylic acids is 1. The summed E-state index contributed by atoms with van der Waals surface area (Å²) in [6.45, 7) is 12.7. The summed E-state index contributed by atoms with van der Waals surface area (Å²) in [5.74, 6) is 0.0131. The summed E-state index contributed by atoms with van der Waals surface area (Å²) in [6.07, 6.45) is 3.97. The zero-order valence-corrected chi connectivity index (χ0v) is 17.7. The molecule has 0 saturated heterocycles. The van der Waals surface area contributed by atoms with E-state index in [1.165, 1.54) is 11.9 Å². The maximum atomic E-state index is 13.0. The van der Waals surface area contributed by atoms with Gasteiger partial charge in [-0.1, -0.05) is 59.8 Å². The van der Waals surface area contributed by atoms with E-state index < -0.39 is 0 Å². The summed E-state index contributed by atoms with van der Waals surface area (Å²) in [6, 6.07) is 8.02. The molecule has 1 aliphatic carbocycles. The molecule has 1 aromatic carbocycles. The van der Waals surface area contributed by atoms with E-state index in [4.69, 9.17) is 0 Å². The van der Waals surface area contributed by atoms with Gasteiger partial charge in [-0.3, -0.25) is 4.79 Å². The largest absolute Gasteiger partial charge is 0.287 e. The highest BCUT2D eigenvalue weighted by Gasteiger charge is 2.32. The zero-order chi connectivity index (χ0) is 19.1. The van der Waals surface area contributed by atoms with Crippen molar-refractivity contribution in [3.05, 3.63) is 47.6 Å². The molecule has 0 aliphatic heterocycles. The number of nitrogens with zero attached hydrogens (tertiary/aromatic N) is 2. The Morgan fingerprint density at radius 2 is 1.69 bits per heavy atom. The molecule has 0 radical (unpaired) electrons. The first-order valence-electron chi connectivity index (χ1n) is 8.65. The van der Waals surface area contributed by atoms with Crippen LogP contribution in [0.15, 0.2) is 56.3 Å². The third-order valence-corrected chi connectivity index (χ3v) is 6.08. The zero-order valence-electron chi connectivity index (χ0n) is 16.1. The summed E-state index contributed by atoms with van der Waals surface area (Å²) in [7, 11) is 0. The van der Waals surface area contributed by atoms with Crippen LogP contribution in [0.3, 0.4) is 0 Å². The predicted octanol–water partition coefficient (Wildman–Crippen LogP) is 6.27. The lowest BCUT2D eigenvalue weighted by molar-refractivity contribution is -0.110. The summed E-state index contributed by atoms with van der Waals surface area (Å²) in [4.78, 5) is 17.5. The molecule has 0 spiro atoms. The molecule has 1 aliphatic rings. The van der Waals surface area contributed by atoms with E-state index in [0.29, 0.717) is 5.71 Å². The van der Waals surface area contributed by atoms with E-state index in [2.05, 4.69) is 50.9 Å². The molecular formula is C21H24N2OS2. The number of fused-ring (bicyclic) bond motifs is 1.